The number of carbonyl (C=O) groups is 1. The topological polar surface area (TPSA) is 38.3 Å². The number of rotatable bonds is 4. The average molecular weight is 330 g/mol. The molecule has 0 radical (unpaired) electrons. The zero-order valence-corrected chi connectivity index (χ0v) is 13.7. The zero-order valence-electron chi connectivity index (χ0n) is 12.9. The normalized spacial score (nSPS) is 16.7. The van der Waals surface area contributed by atoms with Gasteiger partial charge in [0, 0.05) is 35.8 Å². The number of nitrogens with one attached hydrogen (secondary N) is 1. The van der Waals surface area contributed by atoms with E-state index in [4.69, 9.17) is 16.3 Å². The Hall–Kier alpha value is -1.84. The van der Waals surface area contributed by atoms with Crippen molar-refractivity contribution >= 4 is 17.5 Å². The molecule has 1 saturated heterocycles. The van der Waals surface area contributed by atoms with Crippen molar-refractivity contribution in [2.24, 2.45) is 0 Å². The van der Waals surface area contributed by atoms with E-state index in [1.807, 2.05) is 42.5 Å². The summed E-state index contributed by atoms with van der Waals surface area (Å²) in [5.41, 5.74) is 1.80. The van der Waals surface area contributed by atoms with Crippen LogP contribution in [0.25, 0.3) is 0 Å². The van der Waals surface area contributed by atoms with Crippen LogP contribution >= 0.6 is 11.6 Å². The molecule has 23 heavy (non-hydrogen) atoms. The van der Waals surface area contributed by atoms with Crippen LogP contribution in [0.3, 0.4) is 0 Å². The van der Waals surface area contributed by atoms with E-state index in [2.05, 4.69) is 17.4 Å². The Morgan fingerprint density at radius 3 is 2.35 bits per heavy atom. The maximum atomic E-state index is 12.4. The molecule has 0 saturated carbocycles. The van der Waals surface area contributed by atoms with Gasteiger partial charge < -0.3 is 10.1 Å². The molecule has 2 aromatic rings. The molecule has 0 aromatic heterocycles. The molecule has 1 amide bonds. The fourth-order valence-electron chi connectivity index (χ4n) is 3.07. The Morgan fingerprint density at radius 1 is 1.04 bits per heavy atom. The van der Waals surface area contributed by atoms with Gasteiger partial charge >= 0.3 is 0 Å². The third-order valence-electron chi connectivity index (χ3n) is 4.53. The molecule has 1 heterocycles. The van der Waals surface area contributed by atoms with Crippen LogP contribution in [0.15, 0.2) is 54.6 Å². The van der Waals surface area contributed by atoms with E-state index in [0.29, 0.717) is 25.3 Å². The van der Waals surface area contributed by atoms with Gasteiger partial charge in [0.15, 0.2) is 0 Å². The van der Waals surface area contributed by atoms with Crippen LogP contribution in [0.5, 0.6) is 0 Å². The molecule has 1 aliphatic rings. The van der Waals surface area contributed by atoms with Crippen LogP contribution < -0.4 is 5.32 Å². The monoisotopic (exact) mass is 329 g/mol. The molecule has 0 spiro atoms. The molecule has 0 aliphatic carbocycles. The number of benzene rings is 2. The van der Waals surface area contributed by atoms with Gasteiger partial charge in [-0.25, -0.2) is 0 Å². The second-order valence-electron chi connectivity index (χ2n) is 5.95. The summed E-state index contributed by atoms with van der Waals surface area (Å²) in [6.07, 6.45) is 1.79. The van der Waals surface area contributed by atoms with Gasteiger partial charge in [-0.1, -0.05) is 41.9 Å². The Labute approximate surface area is 141 Å². The average Bonchev–Trinajstić information content (AvgIpc) is 2.62. The SMILES string of the molecule is O=C(NCC1(c2ccc(Cl)cc2)CCOCC1)c1ccccc1. The second-order valence-corrected chi connectivity index (χ2v) is 6.38. The summed E-state index contributed by atoms with van der Waals surface area (Å²) >= 11 is 6.01. The van der Waals surface area contributed by atoms with E-state index in [1.54, 1.807) is 0 Å². The molecule has 0 bridgehead atoms. The first-order valence-corrected chi connectivity index (χ1v) is 8.24. The molecule has 4 heteroatoms. The quantitative estimate of drug-likeness (QED) is 0.926. The first-order valence-electron chi connectivity index (χ1n) is 7.87. The van der Waals surface area contributed by atoms with Gasteiger partial charge in [0.1, 0.15) is 0 Å². The van der Waals surface area contributed by atoms with Crippen molar-refractivity contribution in [1.82, 2.24) is 5.32 Å². The van der Waals surface area contributed by atoms with Crippen LogP contribution in [0.4, 0.5) is 0 Å². The van der Waals surface area contributed by atoms with E-state index in [0.717, 1.165) is 17.9 Å². The Balaban J connectivity index is 1.77. The van der Waals surface area contributed by atoms with Gasteiger partial charge in [-0.05, 0) is 42.7 Å². The smallest absolute Gasteiger partial charge is 0.251 e. The predicted molar refractivity (Wildman–Crippen MR) is 92.0 cm³/mol. The highest BCUT2D eigenvalue weighted by molar-refractivity contribution is 6.30. The van der Waals surface area contributed by atoms with Crippen molar-refractivity contribution < 1.29 is 9.53 Å². The lowest BCUT2D eigenvalue weighted by atomic mass is 9.74. The third kappa shape index (κ3) is 3.74. The number of hydrogen-bond donors (Lipinski definition) is 1. The highest BCUT2D eigenvalue weighted by atomic mass is 35.5. The van der Waals surface area contributed by atoms with Crippen molar-refractivity contribution in [3.05, 3.63) is 70.7 Å². The lowest BCUT2D eigenvalue weighted by Gasteiger charge is -2.38. The van der Waals surface area contributed by atoms with Crippen molar-refractivity contribution in [3.63, 3.8) is 0 Å². The molecule has 0 unspecified atom stereocenters. The Bertz CT molecular complexity index is 649. The summed E-state index contributed by atoms with van der Waals surface area (Å²) in [6, 6.07) is 17.2. The van der Waals surface area contributed by atoms with Crippen LogP contribution in [0, 0.1) is 0 Å². The lowest BCUT2D eigenvalue weighted by Crippen LogP contribution is -2.44. The molecular formula is C19H20ClNO2. The van der Waals surface area contributed by atoms with Gasteiger partial charge in [0.05, 0.1) is 0 Å². The van der Waals surface area contributed by atoms with E-state index in [-0.39, 0.29) is 11.3 Å². The predicted octanol–water partition coefficient (Wildman–Crippen LogP) is 3.82. The molecule has 3 rings (SSSR count). The first-order chi connectivity index (χ1) is 11.2. The van der Waals surface area contributed by atoms with Gasteiger partial charge in [0.25, 0.3) is 5.91 Å². The summed E-state index contributed by atoms with van der Waals surface area (Å²) in [5.74, 6) is -0.0366. The highest BCUT2D eigenvalue weighted by Gasteiger charge is 2.34. The van der Waals surface area contributed by atoms with Gasteiger partial charge in [0.2, 0.25) is 0 Å². The molecule has 2 aromatic carbocycles. The van der Waals surface area contributed by atoms with Crippen molar-refractivity contribution in [3.8, 4) is 0 Å². The molecule has 0 atom stereocenters. The largest absolute Gasteiger partial charge is 0.381 e. The molecular weight excluding hydrogens is 310 g/mol. The summed E-state index contributed by atoms with van der Waals surface area (Å²) in [6.45, 7) is 2.03. The van der Waals surface area contributed by atoms with Gasteiger partial charge in [-0.3, -0.25) is 4.79 Å². The maximum absolute atomic E-state index is 12.4. The van der Waals surface area contributed by atoms with Crippen LogP contribution in [0.1, 0.15) is 28.8 Å². The van der Waals surface area contributed by atoms with Gasteiger partial charge in [-0.2, -0.15) is 0 Å². The standard InChI is InChI=1S/C19H20ClNO2/c20-17-8-6-16(7-9-17)19(10-12-23-13-11-19)14-21-18(22)15-4-2-1-3-5-15/h1-9H,10-14H2,(H,21,22). The summed E-state index contributed by atoms with van der Waals surface area (Å²) < 4.78 is 5.52. The minimum atomic E-state index is -0.0900. The molecule has 1 N–H and O–H groups in total. The van der Waals surface area contributed by atoms with Crippen molar-refractivity contribution in [2.45, 2.75) is 18.3 Å². The second kappa shape index (κ2) is 7.16. The van der Waals surface area contributed by atoms with Gasteiger partial charge in [-0.15, -0.1) is 0 Å². The number of hydrogen-bond acceptors (Lipinski definition) is 2. The molecule has 3 nitrogen and oxygen atoms in total. The first kappa shape index (κ1) is 16.0. The van der Waals surface area contributed by atoms with Crippen LogP contribution in [-0.4, -0.2) is 25.7 Å². The third-order valence-corrected chi connectivity index (χ3v) is 4.78. The van der Waals surface area contributed by atoms with E-state index >= 15 is 0 Å². The zero-order chi connectivity index (χ0) is 16.1. The molecule has 120 valence electrons. The summed E-state index contributed by atoms with van der Waals surface area (Å²) in [7, 11) is 0. The van der Waals surface area contributed by atoms with E-state index in [1.165, 1.54) is 5.56 Å². The molecule has 1 aliphatic heterocycles. The Morgan fingerprint density at radius 2 is 1.70 bits per heavy atom. The van der Waals surface area contributed by atoms with Crippen molar-refractivity contribution in [2.75, 3.05) is 19.8 Å². The Kier molecular flexibility index (Phi) is 4.99. The minimum absolute atomic E-state index is 0.0366. The fourth-order valence-corrected chi connectivity index (χ4v) is 3.20. The van der Waals surface area contributed by atoms with Crippen molar-refractivity contribution in [1.29, 1.82) is 0 Å². The lowest BCUT2D eigenvalue weighted by molar-refractivity contribution is 0.0487. The molecule has 1 fully saturated rings. The maximum Gasteiger partial charge on any atom is 0.251 e. The number of carbonyl (C=O) groups excluding carboxylic acids is 1. The fraction of sp³-hybridized carbons (Fsp3) is 0.316. The highest BCUT2D eigenvalue weighted by Crippen LogP contribution is 2.35. The summed E-state index contributed by atoms with van der Waals surface area (Å²) in [5, 5.41) is 3.82. The number of halogens is 1. The summed E-state index contributed by atoms with van der Waals surface area (Å²) in [4.78, 5) is 12.4. The minimum Gasteiger partial charge on any atom is -0.381 e. The van der Waals surface area contributed by atoms with Crippen LogP contribution in [-0.2, 0) is 10.2 Å². The van der Waals surface area contributed by atoms with E-state index in [9.17, 15) is 4.79 Å². The number of ether oxygens (including phenoxy) is 1. The van der Waals surface area contributed by atoms with Crippen LogP contribution in [0.2, 0.25) is 5.02 Å². The number of amides is 1. The van der Waals surface area contributed by atoms with E-state index < -0.39 is 0 Å².